The monoisotopic (exact) mass is 265 g/mol. The van der Waals surface area contributed by atoms with E-state index in [1.165, 1.54) is 11.8 Å². The van der Waals surface area contributed by atoms with Crippen LogP contribution in [0, 0.1) is 0 Å². The molecule has 1 aromatic rings. The molecule has 1 aliphatic heterocycles. The predicted octanol–water partition coefficient (Wildman–Crippen LogP) is 0.972. The Hall–Kier alpha value is -2.08. The minimum absolute atomic E-state index is 0.0255. The highest BCUT2D eigenvalue weighted by Gasteiger charge is 2.31. The number of ketones is 1. The molecule has 1 unspecified atom stereocenters. The number of carbonyl (C=O) groups excluding carboxylic acids is 2. The van der Waals surface area contributed by atoms with Gasteiger partial charge in [0.25, 0.3) is 0 Å². The van der Waals surface area contributed by atoms with Gasteiger partial charge in [-0.15, -0.1) is 0 Å². The topological polar surface area (TPSA) is 76.1 Å². The van der Waals surface area contributed by atoms with Gasteiger partial charge in [-0.2, -0.15) is 0 Å². The molecule has 1 atom stereocenters. The van der Waals surface area contributed by atoms with Gasteiger partial charge in [-0.05, 0) is 31.2 Å². The Morgan fingerprint density at radius 1 is 1.47 bits per heavy atom. The lowest BCUT2D eigenvalue weighted by Gasteiger charge is -2.13. The number of nitrogens with zero attached hydrogens (tertiary/aromatic N) is 1. The average Bonchev–Trinajstić information content (AvgIpc) is 2.78. The van der Waals surface area contributed by atoms with E-state index in [9.17, 15) is 9.59 Å². The molecule has 1 aromatic carbocycles. The molecule has 0 aromatic heterocycles. The third-order valence-corrected chi connectivity index (χ3v) is 2.67. The third-order valence-electron chi connectivity index (χ3n) is 2.67. The van der Waals surface area contributed by atoms with E-state index >= 15 is 0 Å². The first kappa shape index (κ1) is 13.4. The summed E-state index contributed by atoms with van der Waals surface area (Å²) in [7, 11) is 0. The van der Waals surface area contributed by atoms with Gasteiger partial charge in [-0.25, -0.2) is 4.79 Å². The molecule has 102 valence electrons. The van der Waals surface area contributed by atoms with Crippen LogP contribution in [-0.2, 0) is 9.53 Å². The maximum Gasteiger partial charge on any atom is 0.414 e. The molecular weight excluding hydrogens is 250 g/mol. The standard InChI is InChI=1S/C13H15NO5/c1-9(16)8-18-11-4-2-10(3-5-11)14-6-12(7-15)19-13(14)17/h2-5,12,15H,6-8H2,1H3. The van der Waals surface area contributed by atoms with Gasteiger partial charge >= 0.3 is 6.09 Å². The van der Waals surface area contributed by atoms with Crippen molar-refractivity contribution in [2.24, 2.45) is 0 Å². The zero-order chi connectivity index (χ0) is 13.8. The Balaban J connectivity index is 2.02. The number of anilines is 1. The van der Waals surface area contributed by atoms with Crippen LogP contribution in [0.5, 0.6) is 5.75 Å². The molecule has 1 heterocycles. The Bertz CT molecular complexity index is 470. The van der Waals surface area contributed by atoms with Gasteiger partial charge in [0.15, 0.2) is 5.78 Å². The summed E-state index contributed by atoms with van der Waals surface area (Å²) in [5.74, 6) is 0.503. The van der Waals surface area contributed by atoms with Crippen molar-refractivity contribution in [1.82, 2.24) is 0 Å². The summed E-state index contributed by atoms with van der Waals surface area (Å²) in [6.45, 7) is 1.60. The maximum atomic E-state index is 11.6. The van der Waals surface area contributed by atoms with Crippen LogP contribution in [-0.4, -0.2) is 42.8 Å². The Kier molecular flexibility index (Phi) is 4.01. The number of carbonyl (C=O) groups is 2. The largest absolute Gasteiger partial charge is 0.486 e. The minimum atomic E-state index is -0.485. The van der Waals surface area contributed by atoms with E-state index in [1.54, 1.807) is 24.3 Å². The first-order chi connectivity index (χ1) is 9.10. The Morgan fingerprint density at radius 3 is 2.68 bits per heavy atom. The van der Waals surface area contributed by atoms with Crippen molar-refractivity contribution in [3.63, 3.8) is 0 Å². The van der Waals surface area contributed by atoms with Crippen molar-refractivity contribution in [2.75, 3.05) is 24.7 Å². The maximum absolute atomic E-state index is 11.6. The number of rotatable bonds is 5. The first-order valence-corrected chi connectivity index (χ1v) is 5.91. The van der Waals surface area contributed by atoms with E-state index in [2.05, 4.69) is 0 Å². The molecule has 1 aliphatic rings. The molecule has 19 heavy (non-hydrogen) atoms. The summed E-state index contributed by atoms with van der Waals surface area (Å²) in [5, 5.41) is 8.96. The summed E-state index contributed by atoms with van der Waals surface area (Å²) in [4.78, 5) is 23.8. The van der Waals surface area contributed by atoms with E-state index in [0.717, 1.165) is 0 Å². The summed E-state index contributed by atoms with van der Waals surface area (Å²) in [6, 6.07) is 6.77. The normalized spacial score (nSPS) is 18.3. The number of ether oxygens (including phenoxy) is 2. The molecule has 1 saturated heterocycles. The van der Waals surface area contributed by atoms with Crippen molar-refractivity contribution < 1.29 is 24.2 Å². The number of benzene rings is 1. The molecule has 0 spiro atoms. The lowest BCUT2D eigenvalue weighted by molar-refractivity contribution is -0.118. The van der Waals surface area contributed by atoms with Crippen molar-refractivity contribution >= 4 is 17.6 Å². The minimum Gasteiger partial charge on any atom is -0.486 e. The second-order valence-electron chi connectivity index (χ2n) is 4.28. The lowest BCUT2D eigenvalue weighted by Crippen LogP contribution is -2.25. The summed E-state index contributed by atoms with van der Waals surface area (Å²) in [5.41, 5.74) is 0.663. The zero-order valence-electron chi connectivity index (χ0n) is 10.5. The highest BCUT2D eigenvalue weighted by atomic mass is 16.6. The summed E-state index contributed by atoms with van der Waals surface area (Å²) < 4.78 is 10.2. The number of aliphatic hydroxyl groups is 1. The molecule has 6 heteroatoms. The van der Waals surface area contributed by atoms with Crippen LogP contribution >= 0.6 is 0 Å². The number of Topliss-reactive ketones (excluding diaryl/α,β-unsaturated/α-hetero) is 1. The molecule has 1 amide bonds. The van der Waals surface area contributed by atoms with Gasteiger partial charge in [0, 0.05) is 5.69 Å². The van der Waals surface area contributed by atoms with Crippen molar-refractivity contribution in [2.45, 2.75) is 13.0 Å². The number of hydrogen-bond donors (Lipinski definition) is 1. The molecule has 0 bridgehead atoms. The molecular formula is C13H15NO5. The quantitative estimate of drug-likeness (QED) is 0.858. The Labute approximate surface area is 110 Å². The zero-order valence-corrected chi connectivity index (χ0v) is 10.5. The van der Waals surface area contributed by atoms with Crippen LogP contribution in [0.3, 0.4) is 0 Å². The Morgan fingerprint density at radius 2 is 2.16 bits per heavy atom. The number of amides is 1. The number of hydrogen-bond acceptors (Lipinski definition) is 5. The van der Waals surface area contributed by atoms with Gasteiger partial charge in [0.2, 0.25) is 0 Å². The summed E-state index contributed by atoms with van der Waals surface area (Å²) >= 11 is 0. The number of cyclic esters (lactones) is 1. The first-order valence-electron chi connectivity index (χ1n) is 5.91. The van der Waals surface area contributed by atoms with Crippen molar-refractivity contribution in [3.05, 3.63) is 24.3 Å². The van der Waals surface area contributed by atoms with E-state index in [-0.39, 0.29) is 19.0 Å². The fourth-order valence-electron chi connectivity index (χ4n) is 1.73. The van der Waals surface area contributed by atoms with Crippen LogP contribution < -0.4 is 9.64 Å². The highest BCUT2D eigenvalue weighted by molar-refractivity contribution is 5.89. The van der Waals surface area contributed by atoms with E-state index in [4.69, 9.17) is 14.6 Å². The van der Waals surface area contributed by atoms with E-state index < -0.39 is 12.2 Å². The van der Waals surface area contributed by atoms with E-state index in [1.807, 2.05) is 0 Å². The van der Waals surface area contributed by atoms with Gasteiger partial charge in [0.05, 0.1) is 13.2 Å². The van der Waals surface area contributed by atoms with Crippen LogP contribution in [0.15, 0.2) is 24.3 Å². The van der Waals surface area contributed by atoms with Gasteiger partial charge in [0.1, 0.15) is 18.5 Å². The third kappa shape index (κ3) is 3.23. The van der Waals surface area contributed by atoms with Gasteiger partial charge < -0.3 is 14.6 Å². The predicted molar refractivity (Wildman–Crippen MR) is 67.3 cm³/mol. The SMILES string of the molecule is CC(=O)COc1ccc(N2CC(CO)OC2=O)cc1. The average molecular weight is 265 g/mol. The van der Waals surface area contributed by atoms with E-state index in [0.29, 0.717) is 18.0 Å². The van der Waals surface area contributed by atoms with Crippen LogP contribution in [0.2, 0.25) is 0 Å². The van der Waals surface area contributed by atoms with Gasteiger partial charge in [-0.1, -0.05) is 0 Å². The molecule has 0 saturated carbocycles. The van der Waals surface area contributed by atoms with Crippen molar-refractivity contribution in [3.8, 4) is 5.75 Å². The fourth-order valence-corrected chi connectivity index (χ4v) is 1.73. The van der Waals surface area contributed by atoms with Gasteiger partial charge in [-0.3, -0.25) is 9.69 Å². The molecule has 1 N–H and O–H groups in total. The number of aliphatic hydroxyl groups excluding tert-OH is 1. The molecule has 0 aliphatic carbocycles. The second kappa shape index (κ2) is 5.71. The fraction of sp³-hybridized carbons (Fsp3) is 0.385. The van der Waals surface area contributed by atoms with Crippen LogP contribution in [0.4, 0.5) is 10.5 Å². The molecule has 0 radical (unpaired) electrons. The molecule has 2 rings (SSSR count). The summed E-state index contributed by atoms with van der Waals surface area (Å²) in [6.07, 6.45) is -0.961. The molecule has 1 fully saturated rings. The second-order valence-corrected chi connectivity index (χ2v) is 4.28. The highest BCUT2D eigenvalue weighted by Crippen LogP contribution is 2.24. The van der Waals surface area contributed by atoms with Crippen LogP contribution in [0.1, 0.15) is 6.92 Å². The van der Waals surface area contributed by atoms with Crippen LogP contribution in [0.25, 0.3) is 0 Å². The lowest BCUT2D eigenvalue weighted by atomic mass is 10.2. The van der Waals surface area contributed by atoms with Crippen molar-refractivity contribution in [1.29, 1.82) is 0 Å². The smallest absolute Gasteiger partial charge is 0.414 e. The molecule has 6 nitrogen and oxygen atoms in total.